The first-order valence-electron chi connectivity index (χ1n) is 6.01. The first-order valence-corrected chi connectivity index (χ1v) is 6.01. The minimum absolute atomic E-state index is 0.149. The van der Waals surface area contributed by atoms with Gasteiger partial charge >= 0.3 is 0 Å². The van der Waals surface area contributed by atoms with Crippen LogP contribution < -0.4 is 0 Å². The van der Waals surface area contributed by atoms with Crippen LogP contribution in [0.15, 0.2) is 4.99 Å². The molecular formula is C11H20N2O4. The Labute approximate surface area is 101 Å². The molecule has 0 bridgehead atoms. The molecule has 98 valence electrons. The van der Waals surface area contributed by atoms with E-state index in [-0.39, 0.29) is 18.6 Å². The number of aliphatic hydroxyl groups excluding tert-OH is 3. The van der Waals surface area contributed by atoms with Gasteiger partial charge in [0, 0.05) is 26.1 Å². The zero-order valence-electron chi connectivity index (χ0n) is 10.2. The van der Waals surface area contributed by atoms with Crippen molar-refractivity contribution in [1.29, 1.82) is 0 Å². The second-order valence-corrected chi connectivity index (χ2v) is 4.73. The third-order valence-electron chi connectivity index (χ3n) is 3.65. The van der Waals surface area contributed by atoms with Crippen LogP contribution in [-0.4, -0.2) is 70.8 Å². The molecule has 6 heteroatoms. The number of hydrogen-bond donors (Lipinski definition) is 3. The standard InChI is InChI=1S/C11H20N2O4/c1-3-13(2)11-12-8-7(17-11)4-6(5-14)9(15)10(8)16/h6-10,14-16H,3-5H2,1-2H3/t6?,7-,8?,9?,10?/m0/s1. The molecule has 5 atom stereocenters. The van der Waals surface area contributed by atoms with Crippen molar-refractivity contribution in [2.75, 3.05) is 20.2 Å². The van der Waals surface area contributed by atoms with Crippen LogP contribution in [-0.2, 0) is 4.74 Å². The van der Waals surface area contributed by atoms with Gasteiger partial charge in [-0.2, -0.15) is 0 Å². The van der Waals surface area contributed by atoms with Crippen LogP contribution >= 0.6 is 0 Å². The molecule has 0 saturated heterocycles. The largest absolute Gasteiger partial charge is 0.459 e. The van der Waals surface area contributed by atoms with Crippen molar-refractivity contribution in [3.63, 3.8) is 0 Å². The van der Waals surface area contributed by atoms with Crippen LogP contribution in [0.2, 0.25) is 0 Å². The second-order valence-electron chi connectivity index (χ2n) is 4.73. The molecular weight excluding hydrogens is 224 g/mol. The lowest BCUT2D eigenvalue weighted by Crippen LogP contribution is -2.52. The Morgan fingerprint density at radius 1 is 1.41 bits per heavy atom. The van der Waals surface area contributed by atoms with Gasteiger partial charge in [0.1, 0.15) is 18.2 Å². The Morgan fingerprint density at radius 2 is 2.12 bits per heavy atom. The summed E-state index contributed by atoms with van der Waals surface area (Å²) < 4.78 is 5.66. The number of aliphatic imine (C=N–C) groups is 1. The lowest BCUT2D eigenvalue weighted by atomic mass is 9.80. The van der Waals surface area contributed by atoms with E-state index in [9.17, 15) is 10.2 Å². The SMILES string of the molecule is CCN(C)C1=NC2C(O)C(O)C(CO)C[C@@H]2O1. The first-order chi connectivity index (χ1) is 8.08. The van der Waals surface area contributed by atoms with Gasteiger partial charge in [-0.05, 0) is 13.3 Å². The second kappa shape index (κ2) is 4.80. The van der Waals surface area contributed by atoms with E-state index in [0.717, 1.165) is 6.54 Å². The molecule has 3 N–H and O–H groups in total. The lowest BCUT2D eigenvalue weighted by Gasteiger charge is -2.36. The predicted molar refractivity (Wildman–Crippen MR) is 61.6 cm³/mol. The molecule has 1 aliphatic heterocycles. The zero-order chi connectivity index (χ0) is 12.6. The van der Waals surface area contributed by atoms with Gasteiger partial charge in [0.15, 0.2) is 0 Å². The summed E-state index contributed by atoms with van der Waals surface area (Å²) >= 11 is 0. The maximum atomic E-state index is 9.95. The van der Waals surface area contributed by atoms with Crippen LogP contribution in [0.25, 0.3) is 0 Å². The summed E-state index contributed by atoms with van der Waals surface area (Å²) in [6, 6.07) is 0.0872. The fourth-order valence-electron chi connectivity index (χ4n) is 2.36. The highest BCUT2D eigenvalue weighted by Crippen LogP contribution is 2.33. The molecule has 0 amide bonds. The molecule has 6 nitrogen and oxygen atoms in total. The third-order valence-corrected chi connectivity index (χ3v) is 3.65. The fourth-order valence-corrected chi connectivity index (χ4v) is 2.36. The Kier molecular flexibility index (Phi) is 3.56. The van der Waals surface area contributed by atoms with Gasteiger partial charge in [0.25, 0.3) is 6.02 Å². The van der Waals surface area contributed by atoms with E-state index in [1.54, 1.807) is 0 Å². The number of rotatable bonds is 2. The number of hydrogen-bond acceptors (Lipinski definition) is 6. The summed E-state index contributed by atoms with van der Waals surface area (Å²) in [6.45, 7) is 2.60. The monoisotopic (exact) mass is 244 g/mol. The Balaban J connectivity index is 2.12. The quantitative estimate of drug-likeness (QED) is 0.568. The molecule has 4 unspecified atom stereocenters. The Morgan fingerprint density at radius 3 is 2.71 bits per heavy atom. The summed E-state index contributed by atoms with van der Waals surface area (Å²) in [6.07, 6.45) is -1.62. The third kappa shape index (κ3) is 2.12. The smallest absolute Gasteiger partial charge is 0.287 e. The molecule has 1 heterocycles. The van der Waals surface area contributed by atoms with Crippen molar-refractivity contribution < 1.29 is 20.1 Å². The van der Waals surface area contributed by atoms with Gasteiger partial charge in [-0.15, -0.1) is 0 Å². The molecule has 2 aliphatic rings. The summed E-state index contributed by atoms with van der Waals surface area (Å²) in [5.74, 6) is -0.340. The Bertz CT molecular complexity index is 310. The van der Waals surface area contributed by atoms with Crippen molar-refractivity contribution in [1.82, 2.24) is 4.90 Å². The van der Waals surface area contributed by atoms with Crippen molar-refractivity contribution in [2.24, 2.45) is 10.9 Å². The van der Waals surface area contributed by atoms with Gasteiger partial charge in [-0.3, -0.25) is 0 Å². The van der Waals surface area contributed by atoms with Gasteiger partial charge < -0.3 is 25.0 Å². The maximum Gasteiger partial charge on any atom is 0.287 e. The summed E-state index contributed by atoms with van der Waals surface area (Å²) in [5, 5.41) is 28.9. The van der Waals surface area contributed by atoms with Gasteiger partial charge in [0.05, 0.1) is 6.10 Å². The average Bonchev–Trinajstić information content (AvgIpc) is 2.76. The molecule has 1 fully saturated rings. The molecule has 1 saturated carbocycles. The number of aliphatic hydroxyl groups is 3. The molecule has 0 aromatic heterocycles. The van der Waals surface area contributed by atoms with Crippen LogP contribution in [0.4, 0.5) is 0 Å². The normalized spacial score (nSPS) is 40.5. The first kappa shape index (κ1) is 12.6. The predicted octanol–water partition coefficient (Wildman–Crippen LogP) is -1.20. The molecule has 0 aromatic rings. The van der Waals surface area contributed by atoms with Crippen molar-refractivity contribution in [2.45, 2.75) is 37.7 Å². The van der Waals surface area contributed by atoms with Crippen LogP contribution in [0, 0.1) is 5.92 Å². The molecule has 0 spiro atoms. The highest BCUT2D eigenvalue weighted by atomic mass is 16.5. The minimum atomic E-state index is -0.964. The highest BCUT2D eigenvalue weighted by Gasteiger charge is 2.48. The number of fused-ring (bicyclic) bond motifs is 1. The van der Waals surface area contributed by atoms with Crippen molar-refractivity contribution in [3.05, 3.63) is 0 Å². The van der Waals surface area contributed by atoms with E-state index in [4.69, 9.17) is 9.84 Å². The van der Waals surface area contributed by atoms with Gasteiger partial charge in [-0.25, -0.2) is 4.99 Å². The average molecular weight is 244 g/mol. The summed E-state index contributed by atoms with van der Waals surface area (Å²) in [5.41, 5.74) is 0. The van der Waals surface area contributed by atoms with E-state index in [1.165, 1.54) is 0 Å². The topological polar surface area (TPSA) is 85.5 Å². The van der Waals surface area contributed by atoms with Gasteiger partial charge in [-0.1, -0.05) is 0 Å². The van der Waals surface area contributed by atoms with Crippen LogP contribution in [0.3, 0.4) is 0 Å². The van der Waals surface area contributed by atoms with Crippen LogP contribution in [0.1, 0.15) is 13.3 Å². The van der Waals surface area contributed by atoms with E-state index in [1.807, 2.05) is 18.9 Å². The molecule has 0 aromatic carbocycles. The number of nitrogens with zero attached hydrogens (tertiary/aromatic N) is 2. The molecule has 0 radical (unpaired) electrons. The van der Waals surface area contributed by atoms with Crippen molar-refractivity contribution >= 4 is 6.02 Å². The van der Waals surface area contributed by atoms with Crippen LogP contribution in [0.5, 0.6) is 0 Å². The number of ether oxygens (including phenoxy) is 1. The molecule has 1 aliphatic carbocycles. The summed E-state index contributed by atoms with van der Waals surface area (Å²) in [4.78, 5) is 6.16. The molecule has 17 heavy (non-hydrogen) atoms. The lowest BCUT2D eigenvalue weighted by molar-refractivity contribution is -0.0954. The maximum absolute atomic E-state index is 9.95. The summed E-state index contributed by atoms with van der Waals surface area (Å²) in [7, 11) is 1.86. The van der Waals surface area contributed by atoms with Gasteiger partial charge in [0.2, 0.25) is 0 Å². The van der Waals surface area contributed by atoms with E-state index < -0.39 is 18.2 Å². The molecule has 2 rings (SSSR count). The Hall–Kier alpha value is -0.850. The van der Waals surface area contributed by atoms with E-state index in [0.29, 0.717) is 12.4 Å². The highest BCUT2D eigenvalue weighted by molar-refractivity contribution is 5.75. The van der Waals surface area contributed by atoms with E-state index >= 15 is 0 Å². The number of amidine groups is 1. The minimum Gasteiger partial charge on any atom is -0.459 e. The van der Waals surface area contributed by atoms with Crippen molar-refractivity contribution in [3.8, 4) is 0 Å². The zero-order valence-corrected chi connectivity index (χ0v) is 10.2. The fraction of sp³-hybridized carbons (Fsp3) is 0.909. The van der Waals surface area contributed by atoms with E-state index in [2.05, 4.69) is 4.99 Å².